The largest absolute Gasteiger partial charge is 0.496 e. The fourth-order valence-corrected chi connectivity index (χ4v) is 1.18. The average molecular weight is 208 g/mol. The van der Waals surface area contributed by atoms with E-state index in [4.69, 9.17) is 9.94 Å². The van der Waals surface area contributed by atoms with Gasteiger partial charge >= 0.3 is 0 Å². The molecule has 80 valence electrons. The van der Waals surface area contributed by atoms with Crippen molar-refractivity contribution in [2.45, 2.75) is 6.92 Å². The zero-order chi connectivity index (χ0) is 11.3. The number of carbonyl (C=O) groups is 1. The Morgan fingerprint density at radius 2 is 2.33 bits per heavy atom. The highest BCUT2D eigenvalue weighted by Gasteiger charge is 2.02. The number of nitrogens with zero attached hydrogens (tertiary/aromatic N) is 1. The summed E-state index contributed by atoms with van der Waals surface area (Å²) < 4.78 is 5.07. The summed E-state index contributed by atoms with van der Waals surface area (Å²) in [5, 5.41) is 13.3. The van der Waals surface area contributed by atoms with Crippen LogP contribution in [0.25, 0.3) is 0 Å². The Hall–Kier alpha value is -2.04. The van der Waals surface area contributed by atoms with E-state index in [2.05, 4.69) is 10.5 Å². The Labute approximate surface area is 87.4 Å². The van der Waals surface area contributed by atoms with Gasteiger partial charge in [0.1, 0.15) is 12.0 Å². The van der Waals surface area contributed by atoms with Gasteiger partial charge < -0.3 is 15.3 Å². The molecule has 5 nitrogen and oxygen atoms in total. The average Bonchev–Trinajstić information content (AvgIpc) is 2.18. The van der Waals surface area contributed by atoms with E-state index in [-0.39, 0.29) is 0 Å². The monoisotopic (exact) mass is 208 g/mol. The normalized spacial score (nSPS) is 10.3. The Balaban J connectivity index is 2.79. The Kier molecular flexibility index (Phi) is 3.68. The summed E-state index contributed by atoms with van der Waals surface area (Å²) >= 11 is 0. The van der Waals surface area contributed by atoms with Gasteiger partial charge in [-0.05, 0) is 30.7 Å². The third kappa shape index (κ3) is 2.98. The number of ether oxygens (including phenoxy) is 1. The minimum absolute atomic E-state index is 0.484. The maximum Gasteiger partial charge on any atom is 0.270 e. The van der Waals surface area contributed by atoms with Crippen LogP contribution in [0, 0.1) is 6.92 Å². The number of rotatable bonds is 3. The SMILES string of the molecule is COc1ccc(NC(=O)C=NO)cc1C. The van der Waals surface area contributed by atoms with Gasteiger partial charge in [-0.1, -0.05) is 5.16 Å². The smallest absolute Gasteiger partial charge is 0.270 e. The highest BCUT2D eigenvalue weighted by Crippen LogP contribution is 2.21. The number of methoxy groups -OCH3 is 1. The lowest BCUT2D eigenvalue weighted by Gasteiger charge is -2.07. The van der Waals surface area contributed by atoms with E-state index in [1.54, 1.807) is 25.3 Å². The van der Waals surface area contributed by atoms with Crippen molar-refractivity contribution < 1.29 is 14.7 Å². The first-order valence-electron chi connectivity index (χ1n) is 4.30. The number of anilines is 1. The van der Waals surface area contributed by atoms with E-state index in [9.17, 15) is 4.79 Å². The molecule has 0 saturated carbocycles. The molecule has 1 amide bonds. The van der Waals surface area contributed by atoms with Crippen LogP contribution >= 0.6 is 0 Å². The maximum absolute atomic E-state index is 11.0. The fourth-order valence-electron chi connectivity index (χ4n) is 1.18. The molecule has 5 heteroatoms. The first-order valence-corrected chi connectivity index (χ1v) is 4.30. The minimum Gasteiger partial charge on any atom is -0.496 e. The van der Waals surface area contributed by atoms with Crippen LogP contribution in [0.15, 0.2) is 23.4 Å². The van der Waals surface area contributed by atoms with Gasteiger partial charge in [-0.25, -0.2) is 0 Å². The predicted molar refractivity (Wildman–Crippen MR) is 56.6 cm³/mol. The predicted octanol–water partition coefficient (Wildman–Crippen LogP) is 1.40. The Morgan fingerprint density at radius 3 is 2.87 bits per heavy atom. The molecule has 0 spiro atoms. The number of hydrogen-bond donors (Lipinski definition) is 2. The van der Waals surface area contributed by atoms with Crippen LogP contribution in [0.3, 0.4) is 0 Å². The molecule has 15 heavy (non-hydrogen) atoms. The zero-order valence-corrected chi connectivity index (χ0v) is 8.52. The summed E-state index contributed by atoms with van der Waals surface area (Å²) in [7, 11) is 1.58. The van der Waals surface area contributed by atoms with E-state index in [1.165, 1.54) is 0 Å². The first-order chi connectivity index (χ1) is 7.17. The number of carbonyl (C=O) groups excluding carboxylic acids is 1. The van der Waals surface area contributed by atoms with E-state index in [0.29, 0.717) is 5.69 Å². The second-order valence-corrected chi connectivity index (χ2v) is 2.92. The van der Waals surface area contributed by atoms with Crippen molar-refractivity contribution >= 4 is 17.8 Å². The molecule has 0 aliphatic heterocycles. The number of nitrogens with one attached hydrogen (secondary N) is 1. The molecule has 0 atom stereocenters. The minimum atomic E-state index is -0.484. The summed E-state index contributed by atoms with van der Waals surface area (Å²) in [5.74, 6) is 0.269. The Bertz CT molecular complexity index is 388. The van der Waals surface area contributed by atoms with Crippen molar-refractivity contribution in [2.24, 2.45) is 5.16 Å². The molecule has 0 radical (unpaired) electrons. The highest BCUT2D eigenvalue weighted by molar-refractivity contribution is 6.31. The standard InChI is InChI=1S/C10H12N2O3/c1-7-5-8(3-4-9(7)15-2)12-10(13)6-11-14/h3-6,14H,1-2H3,(H,12,13). The van der Waals surface area contributed by atoms with Gasteiger partial charge in [-0.3, -0.25) is 4.79 Å². The molecular formula is C10H12N2O3. The summed E-state index contributed by atoms with van der Waals surface area (Å²) in [5.41, 5.74) is 1.54. The van der Waals surface area contributed by atoms with Gasteiger partial charge in [-0.15, -0.1) is 0 Å². The zero-order valence-electron chi connectivity index (χ0n) is 8.52. The molecule has 0 heterocycles. The summed E-state index contributed by atoms with van der Waals surface area (Å²) in [6.45, 7) is 1.87. The van der Waals surface area contributed by atoms with E-state index in [1.807, 2.05) is 6.92 Å². The molecular weight excluding hydrogens is 196 g/mol. The van der Waals surface area contributed by atoms with Gasteiger partial charge in [-0.2, -0.15) is 0 Å². The van der Waals surface area contributed by atoms with Crippen LogP contribution in [0.4, 0.5) is 5.69 Å². The van der Waals surface area contributed by atoms with Crippen molar-refractivity contribution in [1.82, 2.24) is 0 Å². The van der Waals surface area contributed by atoms with E-state index < -0.39 is 5.91 Å². The fraction of sp³-hybridized carbons (Fsp3) is 0.200. The Morgan fingerprint density at radius 1 is 1.60 bits per heavy atom. The second-order valence-electron chi connectivity index (χ2n) is 2.92. The highest BCUT2D eigenvalue weighted by atomic mass is 16.5. The molecule has 0 aliphatic carbocycles. The van der Waals surface area contributed by atoms with Crippen molar-refractivity contribution in [3.05, 3.63) is 23.8 Å². The molecule has 0 aromatic heterocycles. The lowest BCUT2D eigenvalue weighted by Crippen LogP contribution is -2.12. The topological polar surface area (TPSA) is 70.9 Å². The number of aryl methyl sites for hydroxylation is 1. The van der Waals surface area contributed by atoms with Crippen molar-refractivity contribution in [1.29, 1.82) is 0 Å². The molecule has 2 N–H and O–H groups in total. The molecule has 0 fully saturated rings. The van der Waals surface area contributed by atoms with Gasteiger partial charge in [0.15, 0.2) is 0 Å². The second kappa shape index (κ2) is 4.99. The van der Waals surface area contributed by atoms with Crippen LogP contribution in [-0.2, 0) is 4.79 Å². The van der Waals surface area contributed by atoms with Crippen molar-refractivity contribution in [3.63, 3.8) is 0 Å². The van der Waals surface area contributed by atoms with Crippen LogP contribution in [0.5, 0.6) is 5.75 Å². The molecule has 1 aromatic carbocycles. The van der Waals surface area contributed by atoms with Crippen LogP contribution in [-0.4, -0.2) is 24.4 Å². The van der Waals surface area contributed by atoms with Gasteiger partial charge in [0, 0.05) is 5.69 Å². The number of hydrogen-bond acceptors (Lipinski definition) is 4. The molecule has 0 saturated heterocycles. The lowest BCUT2D eigenvalue weighted by atomic mass is 10.2. The number of oxime groups is 1. The third-order valence-electron chi connectivity index (χ3n) is 1.84. The molecule has 0 aliphatic rings. The van der Waals surface area contributed by atoms with E-state index >= 15 is 0 Å². The summed E-state index contributed by atoms with van der Waals surface area (Å²) in [6, 6.07) is 5.22. The number of amides is 1. The van der Waals surface area contributed by atoms with Gasteiger partial charge in [0.2, 0.25) is 0 Å². The molecule has 0 bridgehead atoms. The number of benzene rings is 1. The van der Waals surface area contributed by atoms with Crippen LogP contribution in [0.1, 0.15) is 5.56 Å². The van der Waals surface area contributed by atoms with Gasteiger partial charge in [0.25, 0.3) is 5.91 Å². The molecule has 0 unspecified atom stereocenters. The maximum atomic E-state index is 11.0. The van der Waals surface area contributed by atoms with Gasteiger partial charge in [0.05, 0.1) is 7.11 Å². The summed E-state index contributed by atoms with van der Waals surface area (Å²) in [4.78, 5) is 11.0. The quantitative estimate of drug-likeness (QED) is 0.448. The molecule has 1 aromatic rings. The summed E-state index contributed by atoms with van der Waals surface area (Å²) in [6.07, 6.45) is 0.791. The third-order valence-corrected chi connectivity index (χ3v) is 1.84. The molecule has 1 rings (SSSR count). The lowest BCUT2D eigenvalue weighted by molar-refractivity contribution is -0.110. The van der Waals surface area contributed by atoms with Crippen molar-refractivity contribution in [3.8, 4) is 5.75 Å². The van der Waals surface area contributed by atoms with E-state index in [0.717, 1.165) is 17.5 Å². The van der Waals surface area contributed by atoms with Crippen LogP contribution in [0.2, 0.25) is 0 Å². The van der Waals surface area contributed by atoms with Crippen LogP contribution < -0.4 is 10.1 Å². The first kappa shape index (κ1) is 11.0. The van der Waals surface area contributed by atoms with Crippen molar-refractivity contribution in [2.75, 3.05) is 12.4 Å².